The Kier molecular flexibility index (Phi) is 5.43. The van der Waals surface area contributed by atoms with Crippen molar-refractivity contribution in [3.05, 3.63) is 65.2 Å². The molecule has 0 saturated carbocycles. The molecule has 128 valence electrons. The van der Waals surface area contributed by atoms with E-state index in [9.17, 15) is 8.78 Å². The highest BCUT2D eigenvalue weighted by molar-refractivity contribution is 5.54. The van der Waals surface area contributed by atoms with Crippen LogP contribution in [-0.4, -0.2) is 26.3 Å². The lowest BCUT2D eigenvalue weighted by Gasteiger charge is -2.31. The van der Waals surface area contributed by atoms with Gasteiger partial charge in [0.2, 0.25) is 0 Å². The highest BCUT2D eigenvalue weighted by Crippen LogP contribution is 2.23. The second-order valence-corrected chi connectivity index (χ2v) is 6.00. The number of anilines is 1. The van der Waals surface area contributed by atoms with Crippen LogP contribution in [0.3, 0.4) is 0 Å². The number of hydrogen-bond acceptors (Lipinski definition) is 3. The average Bonchev–Trinajstić information content (AvgIpc) is 2.61. The number of benzene rings is 2. The first-order valence-electron chi connectivity index (χ1n) is 8.24. The van der Waals surface area contributed by atoms with Crippen LogP contribution in [0.5, 0.6) is 0 Å². The molecule has 1 saturated heterocycles. The van der Waals surface area contributed by atoms with Crippen molar-refractivity contribution >= 4 is 5.69 Å². The Hall–Kier alpha value is -1.98. The maximum Gasteiger partial charge on any atom is 0.130 e. The van der Waals surface area contributed by atoms with Gasteiger partial charge >= 0.3 is 0 Å². The number of para-hydroxylation sites is 1. The summed E-state index contributed by atoms with van der Waals surface area (Å²) in [5, 5.41) is 3.33. The summed E-state index contributed by atoms with van der Waals surface area (Å²) in [5.74, 6) is -1.07. The van der Waals surface area contributed by atoms with Crippen LogP contribution in [0, 0.1) is 11.6 Å². The van der Waals surface area contributed by atoms with E-state index in [4.69, 9.17) is 4.74 Å². The molecule has 0 bridgehead atoms. The molecule has 3 nitrogen and oxygen atoms in total. The fourth-order valence-corrected chi connectivity index (χ4v) is 3.00. The lowest BCUT2D eigenvalue weighted by Crippen LogP contribution is -2.37. The van der Waals surface area contributed by atoms with Gasteiger partial charge < -0.3 is 15.0 Å². The zero-order chi connectivity index (χ0) is 16.9. The summed E-state index contributed by atoms with van der Waals surface area (Å²) in [6.07, 6.45) is 0. The molecule has 2 aromatic carbocycles. The predicted octanol–water partition coefficient (Wildman–Crippen LogP) is 3.65. The molecule has 0 spiro atoms. The van der Waals surface area contributed by atoms with Gasteiger partial charge in [0.05, 0.1) is 13.2 Å². The smallest absolute Gasteiger partial charge is 0.130 e. The Bertz CT molecular complexity index is 687. The number of nitrogens with zero attached hydrogens (tertiary/aromatic N) is 1. The van der Waals surface area contributed by atoms with Crippen LogP contribution in [0.4, 0.5) is 14.5 Å². The summed E-state index contributed by atoms with van der Waals surface area (Å²) in [5.41, 5.74) is 2.81. The third-order valence-electron chi connectivity index (χ3n) is 4.37. The first-order chi connectivity index (χ1) is 11.6. The maximum absolute atomic E-state index is 13.9. The van der Waals surface area contributed by atoms with Crippen LogP contribution >= 0.6 is 0 Å². The minimum atomic E-state index is -0.555. The van der Waals surface area contributed by atoms with E-state index in [-0.39, 0.29) is 6.04 Å². The summed E-state index contributed by atoms with van der Waals surface area (Å²) >= 11 is 0. The Balaban J connectivity index is 1.70. The van der Waals surface area contributed by atoms with E-state index in [0.717, 1.165) is 37.9 Å². The molecule has 1 atom stereocenters. The minimum absolute atomic E-state index is 0.205. The Morgan fingerprint density at radius 2 is 1.88 bits per heavy atom. The van der Waals surface area contributed by atoms with Gasteiger partial charge in [0.25, 0.3) is 0 Å². The number of rotatable bonds is 5. The predicted molar refractivity (Wildman–Crippen MR) is 91.1 cm³/mol. The normalized spacial score (nSPS) is 16.2. The first-order valence-corrected chi connectivity index (χ1v) is 8.24. The van der Waals surface area contributed by atoms with Crippen LogP contribution in [0.1, 0.15) is 24.1 Å². The molecule has 1 N–H and O–H groups in total. The lowest BCUT2D eigenvalue weighted by molar-refractivity contribution is 0.122. The number of morpholine rings is 1. The van der Waals surface area contributed by atoms with Crippen LogP contribution in [0.25, 0.3) is 0 Å². The third-order valence-corrected chi connectivity index (χ3v) is 4.37. The molecule has 3 rings (SSSR count). The zero-order valence-corrected chi connectivity index (χ0v) is 13.8. The van der Waals surface area contributed by atoms with Crippen LogP contribution in [0.2, 0.25) is 0 Å². The molecule has 24 heavy (non-hydrogen) atoms. The first kappa shape index (κ1) is 16.9. The van der Waals surface area contributed by atoms with Crippen LogP contribution < -0.4 is 10.2 Å². The fraction of sp³-hybridized carbons (Fsp3) is 0.368. The van der Waals surface area contributed by atoms with Gasteiger partial charge in [-0.1, -0.05) is 24.3 Å². The summed E-state index contributed by atoms with van der Waals surface area (Å²) in [6.45, 7) is 5.72. The number of halogens is 2. The van der Waals surface area contributed by atoms with Gasteiger partial charge in [0.15, 0.2) is 0 Å². The standard InChI is InChI=1S/C19H22F2N2O/c1-14(17-7-6-16(20)12-18(17)21)22-13-15-4-2-3-5-19(15)23-8-10-24-11-9-23/h2-7,12,14,22H,8-11,13H2,1H3/t14-/m1/s1. The highest BCUT2D eigenvalue weighted by Gasteiger charge is 2.16. The lowest BCUT2D eigenvalue weighted by atomic mass is 10.1. The Morgan fingerprint density at radius 1 is 1.12 bits per heavy atom. The second kappa shape index (κ2) is 7.73. The van der Waals surface area contributed by atoms with Crippen molar-refractivity contribution in [3.63, 3.8) is 0 Å². The molecule has 1 heterocycles. The fourth-order valence-electron chi connectivity index (χ4n) is 3.00. The number of hydrogen-bond donors (Lipinski definition) is 1. The molecular formula is C19H22F2N2O. The van der Waals surface area contributed by atoms with Crippen molar-refractivity contribution in [1.82, 2.24) is 5.32 Å². The van der Waals surface area contributed by atoms with Gasteiger partial charge in [0.1, 0.15) is 11.6 Å². The van der Waals surface area contributed by atoms with Gasteiger partial charge in [-0.15, -0.1) is 0 Å². The van der Waals surface area contributed by atoms with E-state index < -0.39 is 11.6 Å². The second-order valence-electron chi connectivity index (χ2n) is 6.00. The topological polar surface area (TPSA) is 24.5 Å². The maximum atomic E-state index is 13.9. The van der Waals surface area contributed by atoms with E-state index >= 15 is 0 Å². The van der Waals surface area contributed by atoms with Gasteiger partial charge in [-0.25, -0.2) is 8.78 Å². The molecule has 0 unspecified atom stereocenters. The van der Waals surface area contributed by atoms with Crippen molar-refractivity contribution in [2.24, 2.45) is 0 Å². The Morgan fingerprint density at radius 3 is 2.62 bits per heavy atom. The van der Waals surface area contributed by atoms with Gasteiger partial charge in [-0.3, -0.25) is 0 Å². The number of nitrogens with one attached hydrogen (secondary N) is 1. The molecule has 0 radical (unpaired) electrons. The SMILES string of the molecule is C[C@@H](NCc1ccccc1N1CCOCC1)c1ccc(F)cc1F. The third kappa shape index (κ3) is 3.91. The Labute approximate surface area is 141 Å². The molecular weight excluding hydrogens is 310 g/mol. The van der Waals surface area contributed by atoms with E-state index in [2.05, 4.69) is 22.3 Å². The largest absolute Gasteiger partial charge is 0.378 e. The summed E-state index contributed by atoms with van der Waals surface area (Å²) in [7, 11) is 0. The zero-order valence-electron chi connectivity index (χ0n) is 13.8. The quantitative estimate of drug-likeness (QED) is 0.904. The molecule has 1 fully saturated rings. The van der Waals surface area contributed by atoms with Crippen molar-refractivity contribution < 1.29 is 13.5 Å². The van der Waals surface area contributed by atoms with Gasteiger partial charge in [-0.05, 0) is 24.6 Å². The monoisotopic (exact) mass is 332 g/mol. The molecule has 5 heteroatoms. The molecule has 0 aliphatic carbocycles. The van der Waals surface area contributed by atoms with E-state index in [1.807, 2.05) is 19.1 Å². The van der Waals surface area contributed by atoms with Crippen molar-refractivity contribution in [2.75, 3.05) is 31.2 Å². The van der Waals surface area contributed by atoms with Crippen LogP contribution in [0.15, 0.2) is 42.5 Å². The van der Waals surface area contributed by atoms with Gasteiger partial charge in [0, 0.05) is 43.0 Å². The van der Waals surface area contributed by atoms with Crippen molar-refractivity contribution in [1.29, 1.82) is 0 Å². The van der Waals surface area contributed by atoms with Crippen molar-refractivity contribution in [3.8, 4) is 0 Å². The molecule has 1 aliphatic rings. The van der Waals surface area contributed by atoms with Crippen LogP contribution in [-0.2, 0) is 11.3 Å². The van der Waals surface area contributed by atoms with Gasteiger partial charge in [-0.2, -0.15) is 0 Å². The molecule has 2 aromatic rings. The summed E-state index contributed by atoms with van der Waals surface area (Å²) in [6, 6.07) is 11.7. The highest BCUT2D eigenvalue weighted by atomic mass is 19.1. The molecule has 0 aromatic heterocycles. The summed E-state index contributed by atoms with van der Waals surface area (Å²) in [4.78, 5) is 2.31. The van der Waals surface area contributed by atoms with E-state index in [0.29, 0.717) is 12.1 Å². The average molecular weight is 332 g/mol. The molecule has 0 amide bonds. The minimum Gasteiger partial charge on any atom is -0.378 e. The summed E-state index contributed by atoms with van der Waals surface area (Å²) < 4.78 is 32.3. The van der Waals surface area contributed by atoms with Crippen molar-refractivity contribution in [2.45, 2.75) is 19.5 Å². The molecule has 1 aliphatic heterocycles. The van der Waals surface area contributed by atoms with E-state index in [1.165, 1.54) is 17.8 Å². The number of ether oxygens (including phenoxy) is 1. The van der Waals surface area contributed by atoms with E-state index in [1.54, 1.807) is 0 Å².